The van der Waals surface area contributed by atoms with Gasteiger partial charge in [-0.3, -0.25) is 0 Å². The van der Waals surface area contributed by atoms with Gasteiger partial charge in [0.15, 0.2) is 0 Å². The fraction of sp³-hybridized carbons (Fsp3) is 0.727. The number of hydrogen-bond acceptors (Lipinski definition) is 4. The first kappa shape index (κ1) is 11.0. The maximum atomic E-state index is 9.08. The third-order valence-electron chi connectivity index (χ3n) is 2.89. The van der Waals surface area contributed by atoms with E-state index in [1.807, 2.05) is 0 Å². The minimum absolute atomic E-state index is 0.0889. The number of aromatic nitrogens is 1. The second-order valence-corrected chi connectivity index (χ2v) is 5.14. The minimum Gasteiger partial charge on any atom is -0.389 e. The van der Waals surface area contributed by atoms with Gasteiger partial charge >= 0.3 is 0 Å². The molecule has 1 heterocycles. The fourth-order valence-electron chi connectivity index (χ4n) is 2.14. The zero-order chi connectivity index (χ0) is 10.7. The molecule has 0 saturated heterocycles. The highest BCUT2D eigenvalue weighted by Crippen LogP contribution is 2.34. The Balaban J connectivity index is 2.14. The molecule has 0 aromatic carbocycles. The normalized spacial score (nSPS) is 20.3. The van der Waals surface area contributed by atoms with Crippen LogP contribution in [0.2, 0.25) is 0 Å². The van der Waals surface area contributed by atoms with Crippen molar-refractivity contribution in [1.29, 1.82) is 0 Å². The number of aliphatic hydroxyl groups excluding tert-OH is 1. The summed E-state index contributed by atoms with van der Waals surface area (Å²) in [4.78, 5) is 5.93. The van der Waals surface area contributed by atoms with Crippen LogP contribution >= 0.6 is 11.3 Å². The van der Waals surface area contributed by atoms with Crippen molar-refractivity contribution in [2.75, 3.05) is 13.1 Å². The van der Waals surface area contributed by atoms with Gasteiger partial charge in [0.05, 0.1) is 12.3 Å². The van der Waals surface area contributed by atoms with E-state index in [-0.39, 0.29) is 6.61 Å². The Hall–Kier alpha value is -0.450. The van der Waals surface area contributed by atoms with Crippen LogP contribution in [0.15, 0.2) is 0 Å². The smallest absolute Gasteiger partial charge is 0.119 e. The van der Waals surface area contributed by atoms with Gasteiger partial charge in [0.2, 0.25) is 0 Å². The lowest BCUT2D eigenvalue weighted by atomic mass is 9.91. The van der Waals surface area contributed by atoms with Crippen LogP contribution in [0.5, 0.6) is 0 Å². The molecule has 2 N–H and O–H groups in total. The van der Waals surface area contributed by atoms with Crippen molar-refractivity contribution in [1.82, 2.24) is 10.3 Å². The van der Waals surface area contributed by atoms with E-state index in [1.165, 1.54) is 23.4 Å². The molecule has 0 radical (unpaired) electrons. The SMILES string of the molecule is CCNCC1CCCc2sc(CO)nc21. The molecule has 0 fully saturated rings. The first-order valence-electron chi connectivity index (χ1n) is 5.65. The summed E-state index contributed by atoms with van der Waals surface area (Å²) in [6.07, 6.45) is 3.64. The molecule has 0 saturated carbocycles. The second-order valence-electron chi connectivity index (χ2n) is 3.97. The van der Waals surface area contributed by atoms with E-state index in [0.717, 1.165) is 24.5 Å². The monoisotopic (exact) mass is 226 g/mol. The molecule has 0 bridgehead atoms. The van der Waals surface area contributed by atoms with Gasteiger partial charge in [-0.15, -0.1) is 11.3 Å². The van der Waals surface area contributed by atoms with Crippen LogP contribution in [0.25, 0.3) is 0 Å². The van der Waals surface area contributed by atoms with Gasteiger partial charge in [-0.1, -0.05) is 6.92 Å². The minimum atomic E-state index is 0.0889. The Morgan fingerprint density at radius 2 is 2.47 bits per heavy atom. The van der Waals surface area contributed by atoms with Crippen molar-refractivity contribution in [3.8, 4) is 0 Å². The van der Waals surface area contributed by atoms with Crippen molar-refractivity contribution in [2.45, 2.75) is 38.7 Å². The largest absolute Gasteiger partial charge is 0.389 e. The molecule has 1 aromatic rings. The number of hydrogen-bond donors (Lipinski definition) is 2. The number of aryl methyl sites for hydroxylation is 1. The van der Waals surface area contributed by atoms with Crippen LogP contribution < -0.4 is 5.32 Å². The topological polar surface area (TPSA) is 45.1 Å². The summed E-state index contributed by atoms with van der Waals surface area (Å²) >= 11 is 1.68. The molecule has 3 nitrogen and oxygen atoms in total. The zero-order valence-corrected chi connectivity index (χ0v) is 9.94. The molecular weight excluding hydrogens is 208 g/mol. The van der Waals surface area contributed by atoms with Gasteiger partial charge in [-0.25, -0.2) is 4.98 Å². The van der Waals surface area contributed by atoms with E-state index < -0.39 is 0 Å². The molecule has 1 aliphatic carbocycles. The predicted octanol–water partition coefficient (Wildman–Crippen LogP) is 1.66. The molecule has 1 atom stereocenters. The first-order chi connectivity index (χ1) is 7.35. The maximum absolute atomic E-state index is 9.08. The highest BCUT2D eigenvalue weighted by atomic mass is 32.1. The summed E-state index contributed by atoms with van der Waals surface area (Å²) in [6.45, 7) is 4.26. The van der Waals surface area contributed by atoms with Gasteiger partial charge in [0.1, 0.15) is 5.01 Å². The quantitative estimate of drug-likeness (QED) is 0.821. The lowest BCUT2D eigenvalue weighted by molar-refractivity contribution is 0.280. The number of thiazole rings is 1. The Morgan fingerprint density at radius 1 is 1.60 bits per heavy atom. The number of nitrogens with zero attached hydrogens (tertiary/aromatic N) is 1. The van der Waals surface area contributed by atoms with Crippen LogP contribution in [0.3, 0.4) is 0 Å². The predicted molar refractivity (Wildman–Crippen MR) is 62.3 cm³/mol. The summed E-state index contributed by atoms with van der Waals surface area (Å²) < 4.78 is 0. The number of nitrogens with one attached hydrogen (secondary N) is 1. The fourth-order valence-corrected chi connectivity index (χ4v) is 3.20. The summed E-state index contributed by atoms with van der Waals surface area (Å²) in [7, 11) is 0. The van der Waals surface area contributed by atoms with Crippen molar-refractivity contribution >= 4 is 11.3 Å². The van der Waals surface area contributed by atoms with E-state index in [4.69, 9.17) is 5.11 Å². The molecular formula is C11H18N2OS. The Bertz CT molecular complexity index is 324. The molecule has 84 valence electrons. The lowest BCUT2D eigenvalue weighted by Crippen LogP contribution is -2.24. The molecule has 0 amide bonds. The van der Waals surface area contributed by atoms with E-state index in [9.17, 15) is 0 Å². The highest BCUT2D eigenvalue weighted by Gasteiger charge is 2.23. The Labute approximate surface area is 94.5 Å². The van der Waals surface area contributed by atoms with E-state index in [0.29, 0.717) is 5.92 Å². The van der Waals surface area contributed by atoms with E-state index in [1.54, 1.807) is 11.3 Å². The molecule has 0 spiro atoms. The number of rotatable bonds is 4. The number of aliphatic hydroxyl groups is 1. The lowest BCUT2D eigenvalue weighted by Gasteiger charge is -2.21. The van der Waals surface area contributed by atoms with Crippen LogP contribution in [0.4, 0.5) is 0 Å². The Morgan fingerprint density at radius 3 is 3.20 bits per heavy atom. The standard InChI is InChI=1S/C11H18N2OS/c1-2-12-6-8-4-3-5-9-11(8)13-10(7-14)15-9/h8,12,14H,2-7H2,1H3. The number of likely N-dealkylation sites (N-methyl/N-ethyl adjacent to an activating group) is 1. The molecule has 1 aromatic heterocycles. The van der Waals surface area contributed by atoms with Gasteiger partial charge in [0, 0.05) is 17.3 Å². The second kappa shape index (κ2) is 5.05. The van der Waals surface area contributed by atoms with Crippen LogP contribution in [0.1, 0.15) is 41.3 Å². The molecule has 2 rings (SSSR count). The van der Waals surface area contributed by atoms with Crippen molar-refractivity contribution in [2.24, 2.45) is 0 Å². The first-order valence-corrected chi connectivity index (χ1v) is 6.46. The maximum Gasteiger partial charge on any atom is 0.119 e. The molecule has 1 unspecified atom stereocenters. The zero-order valence-electron chi connectivity index (χ0n) is 9.12. The van der Waals surface area contributed by atoms with Crippen LogP contribution in [-0.4, -0.2) is 23.2 Å². The van der Waals surface area contributed by atoms with Crippen molar-refractivity contribution in [3.63, 3.8) is 0 Å². The highest BCUT2D eigenvalue weighted by molar-refractivity contribution is 7.11. The summed E-state index contributed by atoms with van der Waals surface area (Å²) in [5.41, 5.74) is 1.25. The summed E-state index contributed by atoms with van der Waals surface area (Å²) in [5, 5.41) is 13.3. The van der Waals surface area contributed by atoms with Gasteiger partial charge < -0.3 is 10.4 Å². The van der Waals surface area contributed by atoms with E-state index in [2.05, 4.69) is 17.2 Å². The number of fused-ring (bicyclic) bond motifs is 1. The van der Waals surface area contributed by atoms with Crippen LogP contribution in [0, 0.1) is 0 Å². The van der Waals surface area contributed by atoms with Gasteiger partial charge in [-0.05, 0) is 25.8 Å². The molecule has 15 heavy (non-hydrogen) atoms. The van der Waals surface area contributed by atoms with E-state index >= 15 is 0 Å². The Kier molecular flexibility index (Phi) is 3.72. The summed E-state index contributed by atoms with van der Waals surface area (Å²) in [5.74, 6) is 0.560. The average molecular weight is 226 g/mol. The third-order valence-corrected chi connectivity index (χ3v) is 4.01. The van der Waals surface area contributed by atoms with Crippen molar-refractivity contribution in [3.05, 3.63) is 15.6 Å². The molecule has 4 heteroatoms. The van der Waals surface area contributed by atoms with Crippen LogP contribution in [-0.2, 0) is 13.0 Å². The van der Waals surface area contributed by atoms with Gasteiger partial charge in [0.25, 0.3) is 0 Å². The molecule has 1 aliphatic rings. The average Bonchev–Trinajstić information content (AvgIpc) is 2.69. The summed E-state index contributed by atoms with van der Waals surface area (Å²) in [6, 6.07) is 0. The van der Waals surface area contributed by atoms with Crippen molar-refractivity contribution < 1.29 is 5.11 Å². The van der Waals surface area contributed by atoms with Gasteiger partial charge in [-0.2, -0.15) is 0 Å². The molecule has 0 aliphatic heterocycles. The third kappa shape index (κ3) is 2.38.